The van der Waals surface area contributed by atoms with E-state index in [9.17, 15) is 27.1 Å². The average Bonchev–Trinajstić information content (AvgIpc) is 2.85. The van der Waals surface area contributed by atoms with Crippen LogP contribution in [0.3, 0.4) is 0 Å². The molecule has 0 bridgehead atoms. The van der Waals surface area contributed by atoms with Crippen molar-refractivity contribution >= 4 is 0 Å². The van der Waals surface area contributed by atoms with E-state index in [0.29, 0.717) is 0 Å². The summed E-state index contributed by atoms with van der Waals surface area (Å²) in [6.45, 7) is 15.1. The summed E-state index contributed by atoms with van der Waals surface area (Å²) in [5.74, 6) is -13.6. The molecule has 0 aliphatic rings. The van der Waals surface area contributed by atoms with Crippen LogP contribution in [0.2, 0.25) is 0 Å². The number of rotatable bonds is 17. The van der Waals surface area contributed by atoms with Crippen LogP contribution >= 0.6 is 0 Å². The third-order valence-electron chi connectivity index (χ3n) is 6.36. The topological polar surface area (TPSA) is 23.1 Å². The number of quaternary nitrogens is 1. The second-order valence-corrected chi connectivity index (χ2v) is 9.32. The summed E-state index contributed by atoms with van der Waals surface area (Å²) < 4.78 is 61.8. The van der Waals surface area contributed by atoms with E-state index in [1.54, 1.807) is 0 Å². The van der Waals surface area contributed by atoms with Gasteiger partial charge in [-0.1, -0.05) is 79.1 Å². The van der Waals surface area contributed by atoms with Crippen molar-refractivity contribution in [3.8, 4) is 5.75 Å². The largest absolute Gasteiger partial charge is 0.868 e. The Morgan fingerprint density at radius 2 is 0.735 bits per heavy atom. The monoisotopic (exact) mass is 495 g/mol. The Morgan fingerprint density at radius 1 is 0.441 bits per heavy atom. The zero-order chi connectivity index (χ0) is 26.0. The van der Waals surface area contributed by atoms with Crippen LogP contribution < -0.4 is 5.11 Å². The third kappa shape index (κ3) is 11.9. The second-order valence-electron chi connectivity index (χ2n) is 9.32. The highest BCUT2D eigenvalue weighted by atomic mass is 19.2. The van der Waals surface area contributed by atoms with Crippen molar-refractivity contribution < 1.29 is 31.5 Å². The lowest BCUT2D eigenvalue weighted by atomic mass is 10.1. The molecule has 0 aliphatic carbocycles. The van der Waals surface area contributed by atoms with Crippen molar-refractivity contribution in [3.05, 3.63) is 29.1 Å². The predicted octanol–water partition coefficient (Wildman–Crippen LogP) is 8.41. The van der Waals surface area contributed by atoms with Crippen LogP contribution in [0.1, 0.15) is 111 Å². The number of halogens is 5. The molecule has 0 radical (unpaired) electrons. The molecule has 0 unspecified atom stereocenters. The third-order valence-corrected chi connectivity index (χ3v) is 6.36. The molecule has 0 saturated carbocycles. The Morgan fingerprint density at radius 3 is 1.12 bits per heavy atom. The van der Waals surface area contributed by atoms with Gasteiger partial charge in [-0.2, -0.15) is 0 Å². The number of nitrogens with zero attached hydrogens (tertiary/aromatic N) is 1. The first-order valence-electron chi connectivity index (χ1n) is 13.2. The van der Waals surface area contributed by atoms with Crippen LogP contribution in [0.15, 0.2) is 0 Å². The fraction of sp³-hybridized carbons (Fsp3) is 0.778. The Kier molecular flexibility index (Phi) is 18.1. The van der Waals surface area contributed by atoms with E-state index in [1.165, 1.54) is 114 Å². The lowest BCUT2D eigenvalue weighted by molar-refractivity contribution is -0.929. The van der Waals surface area contributed by atoms with E-state index in [-0.39, 0.29) is 0 Å². The van der Waals surface area contributed by atoms with Gasteiger partial charge in [0, 0.05) is 0 Å². The molecule has 0 fully saturated rings. The molecule has 1 rings (SSSR count). The molecule has 0 amide bonds. The SMILES string of the molecule is CCCCCCCCC[N+](CCCC)(CCCC)CCCC.[O-]c1c(F)c(F)c(F)c(F)c1F. The first-order valence-corrected chi connectivity index (χ1v) is 13.2. The van der Waals surface area contributed by atoms with E-state index in [0.717, 1.165) is 0 Å². The molecule has 7 heteroatoms. The van der Waals surface area contributed by atoms with Gasteiger partial charge in [-0.05, 0) is 37.9 Å². The summed E-state index contributed by atoms with van der Waals surface area (Å²) in [7, 11) is 0. The van der Waals surface area contributed by atoms with Gasteiger partial charge in [0.2, 0.25) is 0 Å². The minimum atomic E-state index is -2.33. The molecule has 2 nitrogen and oxygen atoms in total. The zero-order valence-corrected chi connectivity index (χ0v) is 21.8. The highest BCUT2D eigenvalue weighted by molar-refractivity contribution is 5.26. The van der Waals surface area contributed by atoms with Crippen molar-refractivity contribution in [3.63, 3.8) is 0 Å². The first-order chi connectivity index (χ1) is 16.2. The molecule has 1 aromatic rings. The number of hydrogen-bond acceptors (Lipinski definition) is 1. The number of unbranched alkanes of at least 4 members (excludes halogenated alkanes) is 9. The molecule has 0 aliphatic heterocycles. The van der Waals surface area contributed by atoms with Crippen molar-refractivity contribution in [2.45, 2.75) is 111 Å². The van der Waals surface area contributed by atoms with Crippen molar-refractivity contribution in [1.29, 1.82) is 0 Å². The number of benzene rings is 1. The van der Waals surface area contributed by atoms with Gasteiger partial charge in [0.15, 0.2) is 29.1 Å². The summed E-state index contributed by atoms with van der Waals surface area (Å²) in [6, 6.07) is 0. The Bertz CT molecular complexity index is 542. The van der Waals surface area contributed by atoms with Crippen LogP contribution in [0, 0.1) is 29.1 Å². The van der Waals surface area contributed by atoms with Crippen molar-refractivity contribution in [2.75, 3.05) is 26.2 Å². The van der Waals surface area contributed by atoms with Gasteiger partial charge in [0.1, 0.15) is 0 Å². The first kappa shape index (κ1) is 32.6. The fourth-order valence-electron chi connectivity index (χ4n) is 4.14. The smallest absolute Gasteiger partial charge is 0.200 e. The number of hydrogen-bond donors (Lipinski definition) is 0. The Balaban J connectivity index is 0.000000757. The van der Waals surface area contributed by atoms with E-state index in [2.05, 4.69) is 27.7 Å². The summed E-state index contributed by atoms with van der Waals surface area (Å²) >= 11 is 0. The second kappa shape index (κ2) is 18.9. The molecule has 0 heterocycles. The minimum Gasteiger partial charge on any atom is -0.868 e. The molecule has 0 saturated heterocycles. The van der Waals surface area contributed by atoms with E-state index < -0.39 is 34.8 Å². The molecule has 200 valence electrons. The molecule has 0 atom stereocenters. The maximum absolute atomic E-state index is 12.1. The van der Waals surface area contributed by atoms with Gasteiger partial charge in [0.05, 0.1) is 26.2 Å². The van der Waals surface area contributed by atoms with Gasteiger partial charge in [-0.15, -0.1) is 0 Å². The van der Waals surface area contributed by atoms with Crippen LogP contribution in [0.5, 0.6) is 5.75 Å². The molecular weight excluding hydrogens is 449 g/mol. The minimum absolute atomic E-state index is 1.36. The lowest BCUT2D eigenvalue weighted by Gasteiger charge is -2.39. The van der Waals surface area contributed by atoms with Gasteiger partial charge < -0.3 is 9.59 Å². The summed E-state index contributed by atoms with van der Waals surface area (Å²) in [5.41, 5.74) is 0. The van der Waals surface area contributed by atoms with Crippen molar-refractivity contribution in [1.82, 2.24) is 0 Å². The van der Waals surface area contributed by atoms with Crippen LogP contribution in [0.4, 0.5) is 22.0 Å². The predicted molar refractivity (Wildman–Crippen MR) is 128 cm³/mol. The Labute approximate surface area is 204 Å². The molecule has 34 heavy (non-hydrogen) atoms. The van der Waals surface area contributed by atoms with Gasteiger partial charge in [-0.3, -0.25) is 0 Å². The van der Waals surface area contributed by atoms with Crippen LogP contribution in [-0.4, -0.2) is 30.7 Å². The summed E-state index contributed by atoms with van der Waals surface area (Å²) in [5, 5.41) is 10.2. The average molecular weight is 496 g/mol. The maximum Gasteiger partial charge on any atom is 0.200 e. The van der Waals surface area contributed by atoms with E-state index >= 15 is 0 Å². The molecule has 0 spiro atoms. The van der Waals surface area contributed by atoms with Crippen LogP contribution in [-0.2, 0) is 0 Å². The summed E-state index contributed by atoms with van der Waals surface area (Å²) in [6.07, 6.45) is 18.4. The highest BCUT2D eigenvalue weighted by Crippen LogP contribution is 2.25. The molecular formula is C27H46F5NO. The van der Waals surface area contributed by atoms with E-state index in [1.807, 2.05) is 0 Å². The maximum atomic E-state index is 12.1. The zero-order valence-electron chi connectivity index (χ0n) is 21.8. The van der Waals surface area contributed by atoms with Crippen molar-refractivity contribution in [2.24, 2.45) is 0 Å². The Hall–Kier alpha value is -1.37. The fourth-order valence-corrected chi connectivity index (χ4v) is 4.14. The van der Waals surface area contributed by atoms with Gasteiger partial charge in [0.25, 0.3) is 0 Å². The van der Waals surface area contributed by atoms with E-state index in [4.69, 9.17) is 0 Å². The molecule has 0 aromatic heterocycles. The quantitative estimate of drug-likeness (QED) is 0.0699. The lowest BCUT2D eigenvalue weighted by Crippen LogP contribution is -2.50. The molecule has 0 N–H and O–H groups in total. The normalized spacial score (nSPS) is 11.4. The van der Waals surface area contributed by atoms with Gasteiger partial charge >= 0.3 is 0 Å². The summed E-state index contributed by atoms with van der Waals surface area (Å²) in [4.78, 5) is 0. The van der Waals surface area contributed by atoms with Gasteiger partial charge in [-0.25, -0.2) is 22.0 Å². The highest BCUT2D eigenvalue weighted by Gasteiger charge is 2.25. The van der Waals surface area contributed by atoms with Crippen LogP contribution in [0.25, 0.3) is 0 Å². The standard InChI is InChI=1S/C21H46N.C6HF5O/c1-5-9-13-14-15-16-17-21-22(18-10-6-2,19-11-7-3)20-12-8-4;7-1-2(8)4(10)6(12)5(11)3(1)9/h5-21H2,1-4H3;12H/q+1;/p-1. The molecule has 1 aromatic carbocycles.